The molecule has 0 aliphatic carbocycles. The van der Waals surface area contributed by atoms with Crippen molar-refractivity contribution in [2.45, 2.75) is 31.2 Å². The minimum Gasteiger partial charge on any atom is -0.433 e. The maximum absolute atomic E-state index is 14.9. The summed E-state index contributed by atoms with van der Waals surface area (Å²) in [6, 6.07) is 7.74. The molecule has 0 fully saturated rings. The molecule has 9 nitrogen and oxygen atoms in total. The summed E-state index contributed by atoms with van der Waals surface area (Å²) in [6.45, 7) is -2.93. The van der Waals surface area contributed by atoms with Crippen LogP contribution in [0.5, 0.6) is 5.75 Å². The van der Waals surface area contributed by atoms with Crippen LogP contribution in [-0.2, 0) is 29.7 Å². The predicted molar refractivity (Wildman–Crippen MR) is 141 cm³/mol. The Labute approximate surface area is 237 Å². The summed E-state index contributed by atoms with van der Waals surface area (Å²) in [7, 11) is -3.73. The lowest BCUT2D eigenvalue weighted by Crippen LogP contribution is -2.59. The van der Waals surface area contributed by atoms with E-state index < -0.39 is 58.7 Å². The van der Waals surface area contributed by atoms with Crippen molar-refractivity contribution >= 4 is 32.8 Å². The van der Waals surface area contributed by atoms with Gasteiger partial charge in [-0.05, 0) is 40.8 Å². The summed E-state index contributed by atoms with van der Waals surface area (Å²) in [5.41, 5.74) is -2.27. The fourth-order valence-electron chi connectivity index (χ4n) is 4.73. The number of hydrogen-bond donors (Lipinski definition) is 2. The second-order valence-corrected chi connectivity index (χ2v) is 11.9. The van der Waals surface area contributed by atoms with E-state index in [4.69, 9.17) is 4.74 Å². The topological polar surface area (TPSA) is 124 Å². The van der Waals surface area contributed by atoms with E-state index in [-0.39, 0.29) is 28.2 Å². The number of rotatable bonds is 9. The Kier molecular flexibility index (Phi) is 9.01. The van der Waals surface area contributed by atoms with Gasteiger partial charge in [0.15, 0.2) is 15.4 Å². The van der Waals surface area contributed by atoms with Gasteiger partial charge in [-0.15, -0.1) is 0 Å². The van der Waals surface area contributed by atoms with Gasteiger partial charge in [-0.1, -0.05) is 30.3 Å². The van der Waals surface area contributed by atoms with Crippen LogP contribution in [0.2, 0.25) is 0 Å². The number of ether oxygens (including phenoxy) is 2. The maximum Gasteiger partial charge on any atom is 0.416 e. The standard InChI is InChI=1S/C27H26F5N3O6S/c1-42(38,39)15-23(36)34-14-21-20(22-7-6-19(13-33-22)41-25(28)29)12-26(27(30,31)32,35-24(21)37)18-4-2-16(3-5-18)17-8-10-40-11-9-17/h2-8,13,25H,9-12,14-15H2,1H3,(H,34,36)(H,35,37)/t26-/m0/s1. The summed E-state index contributed by atoms with van der Waals surface area (Å²) in [5.74, 6) is -3.43. The number of sulfone groups is 1. The van der Waals surface area contributed by atoms with Gasteiger partial charge in [0.05, 0.1) is 25.1 Å². The van der Waals surface area contributed by atoms with Gasteiger partial charge in [0, 0.05) is 24.8 Å². The number of nitrogens with zero attached hydrogens (tertiary/aromatic N) is 1. The van der Waals surface area contributed by atoms with Crippen LogP contribution >= 0.6 is 0 Å². The molecule has 2 aliphatic heterocycles. The zero-order chi connectivity index (χ0) is 30.7. The van der Waals surface area contributed by atoms with Crippen molar-refractivity contribution in [3.63, 3.8) is 0 Å². The Morgan fingerprint density at radius 3 is 2.45 bits per heavy atom. The van der Waals surface area contributed by atoms with Crippen LogP contribution in [-0.4, -0.2) is 69.8 Å². The molecule has 226 valence electrons. The molecule has 3 heterocycles. The van der Waals surface area contributed by atoms with Gasteiger partial charge >= 0.3 is 12.8 Å². The minimum atomic E-state index is -5.02. The molecule has 2 amide bonds. The first kappa shape index (κ1) is 31.1. The van der Waals surface area contributed by atoms with Gasteiger partial charge in [-0.25, -0.2) is 8.42 Å². The van der Waals surface area contributed by atoms with Crippen molar-refractivity contribution in [1.29, 1.82) is 0 Å². The molecule has 2 aliphatic rings. The smallest absolute Gasteiger partial charge is 0.416 e. The summed E-state index contributed by atoms with van der Waals surface area (Å²) in [5, 5.41) is 4.31. The first-order chi connectivity index (χ1) is 19.7. The van der Waals surface area contributed by atoms with Gasteiger partial charge in [0.25, 0.3) is 0 Å². The molecule has 1 aromatic carbocycles. The number of halogens is 5. The molecule has 1 aromatic heterocycles. The van der Waals surface area contributed by atoms with Crippen LogP contribution in [0.15, 0.2) is 54.2 Å². The molecule has 42 heavy (non-hydrogen) atoms. The van der Waals surface area contributed by atoms with Crippen molar-refractivity contribution < 1.29 is 49.4 Å². The summed E-state index contributed by atoms with van der Waals surface area (Å²) in [6.07, 6.45) is -1.78. The maximum atomic E-state index is 14.9. The first-order valence-electron chi connectivity index (χ1n) is 12.5. The molecule has 4 rings (SSSR count). The Morgan fingerprint density at radius 1 is 1.19 bits per heavy atom. The minimum absolute atomic E-state index is 0.156. The molecule has 0 radical (unpaired) electrons. The highest BCUT2D eigenvalue weighted by atomic mass is 32.2. The van der Waals surface area contributed by atoms with Gasteiger partial charge in [0.1, 0.15) is 11.5 Å². The number of aromatic nitrogens is 1. The summed E-state index contributed by atoms with van der Waals surface area (Å²) >= 11 is 0. The largest absolute Gasteiger partial charge is 0.433 e. The molecule has 15 heteroatoms. The summed E-state index contributed by atoms with van der Waals surface area (Å²) < 4.78 is 102. The third-order valence-corrected chi connectivity index (χ3v) is 7.52. The van der Waals surface area contributed by atoms with Crippen LogP contribution in [0.1, 0.15) is 29.7 Å². The van der Waals surface area contributed by atoms with Crippen molar-refractivity contribution in [2.75, 3.05) is 31.8 Å². The molecule has 2 aromatic rings. The van der Waals surface area contributed by atoms with E-state index in [1.165, 1.54) is 24.3 Å². The number of amides is 2. The SMILES string of the molecule is CS(=O)(=O)CC(=O)NCC1=C(c2ccc(OC(F)F)cn2)C[C@](c2ccc(C3=CCOCC3)cc2)(C(F)(F)F)NC1=O. The monoisotopic (exact) mass is 615 g/mol. The molecule has 0 saturated heterocycles. The lowest BCUT2D eigenvalue weighted by Gasteiger charge is -2.41. The number of alkyl halides is 5. The van der Waals surface area contributed by atoms with Crippen molar-refractivity contribution in [2.24, 2.45) is 0 Å². The molecular weight excluding hydrogens is 589 g/mol. The summed E-state index contributed by atoms with van der Waals surface area (Å²) in [4.78, 5) is 29.4. The highest BCUT2D eigenvalue weighted by molar-refractivity contribution is 7.91. The van der Waals surface area contributed by atoms with E-state index in [2.05, 4.69) is 20.4 Å². The molecule has 0 bridgehead atoms. The van der Waals surface area contributed by atoms with Crippen molar-refractivity contribution in [1.82, 2.24) is 15.6 Å². The highest BCUT2D eigenvalue weighted by Crippen LogP contribution is 2.48. The third kappa shape index (κ3) is 7.13. The van der Waals surface area contributed by atoms with Crippen LogP contribution in [0.25, 0.3) is 11.1 Å². The molecular formula is C27H26F5N3O6S. The molecule has 2 N–H and O–H groups in total. The fraction of sp³-hybridized carbons (Fsp3) is 0.370. The average Bonchev–Trinajstić information content (AvgIpc) is 2.91. The second kappa shape index (κ2) is 12.2. The Balaban J connectivity index is 1.77. The third-order valence-electron chi connectivity index (χ3n) is 6.73. The lowest BCUT2D eigenvalue weighted by atomic mass is 9.77. The van der Waals surface area contributed by atoms with E-state index in [1.54, 1.807) is 0 Å². The Hall–Kier alpha value is -3.85. The van der Waals surface area contributed by atoms with Gasteiger partial charge < -0.3 is 20.1 Å². The van der Waals surface area contributed by atoms with Crippen LogP contribution < -0.4 is 15.4 Å². The zero-order valence-electron chi connectivity index (χ0n) is 22.1. The van der Waals surface area contributed by atoms with Crippen LogP contribution in [0, 0.1) is 0 Å². The van der Waals surface area contributed by atoms with Crippen LogP contribution in [0.3, 0.4) is 0 Å². The molecule has 0 spiro atoms. The van der Waals surface area contributed by atoms with E-state index >= 15 is 0 Å². The second-order valence-electron chi connectivity index (χ2n) is 9.73. The van der Waals surface area contributed by atoms with Crippen molar-refractivity contribution in [3.05, 3.63) is 71.1 Å². The predicted octanol–water partition coefficient (Wildman–Crippen LogP) is 3.38. The van der Waals surface area contributed by atoms with E-state index in [1.807, 2.05) is 6.08 Å². The quantitative estimate of drug-likeness (QED) is 0.415. The zero-order valence-corrected chi connectivity index (χ0v) is 23.0. The fourth-order valence-corrected chi connectivity index (χ4v) is 5.31. The number of hydrogen-bond acceptors (Lipinski definition) is 7. The van der Waals surface area contributed by atoms with Crippen molar-refractivity contribution in [3.8, 4) is 5.75 Å². The molecule has 0 unspecified atom stereocenters. The van der Waals surface area contributed by atoms with Gasteiger partial charge in [-0.2, -0.15) is 22.0 Å². The normalized spacial score (nSPS) is 19.8. The average molecular weight is 616 g/mol. The van der Waals surface area contributed by atoms with E-state index in [0.29, 0.717) is 25.2 Å². The lowest BCUT2D eigenvalue weighted by molar-refractivity contribution is -0.201. The first-order valence-corrected chi connectivity index (χ1v) is 14.6. The number of benzene rings is 1. The highest BCUT2D eigenvalue weighted by Gasteiger charge is 2.59. The van der Waals surface area contributed by atoms with Crippen LogP contribution in [0.4, 0.5) is 22.0 Å². The number of pyridine rings is 1. The van der Waals surface area contributed by atoms with E-state index in [9.17, 15) is 40.0 Å². The van der Waals surface area contributed by atoms with Gasteiger partial charge in [0.2, 0.25) is 11.8 Å². The number of carbonyl (C=O) groups is 2. The molecule has 0 saturated carbocycles. The Morgan fingerprint density at radius 2 is 1.90 bits per heavy atom. The number of carbonyl (C=O) groups excluding carboxylic acids is 2. The Bertz CT molecular complexity index is 1510. The molecule has 1 atom stereocenters. The van der Waals surface area contributed by atoms with E-state index in [0.717, 1.165) is 30.2 Å². The van der Waals surface area contributed by atoms with Gasteiger partial charge in [-0.3, -0.25) is 14.6 Å². The number of nitrogens with one attached hydrogen (secondary N) is 2.